The van der Waals surface area contributed by atoms with Gasteiger partial charge >= 0.3 is 5.97 Å². The molecule has 0 spiro atoms. The highest BCUT2D eigenvalue weighted by molar-refractivity contribution is 5.72. The number of methoxy groups -OCH3 is 1. The number of rotatable bonds is 3. The topological polar surface area (TPSA) is 29.5 Å². The highest BCUT2D eigenvalue weighted by Gasteiger charge is 2.26. The largest absolute Gasteiger partial charge is 0.469 e. The van der Waals surface area contributed by atoms with Crippen LogP contribution in [-0.4, -0.2) is 31.1 Å². The number of piperidine rings is 1. The van der Waals surface area contributed by atoms with Gasteiger partial charge in [-0.3, -0.25) is 9.69 Å². The van der Waals surface area contributed by atoms with Gasteiger partial charge in [-0.1, -0.05) is 30.3 Å². The molecule has 1 heterocycles. The lowest BCUT2D eigenvalue weighted by Crippen LogP contribution is -2.38. The zero-order valence-electron chi connectivity index (χ0n) is 10.3. The zero-order chi connectivity index (χ0) is 12.1. The summed E-state index contributed by atoms with van der Waals surface area (Å²) in [5.74, 6) is -0.0137. The van der Waals surface area contributed by atoms with Crippen LogP contribution >= 0.6 is 0 Å². The molecule has 2 rings (SSSR count). The van der Waals surface area contributed by atoms with Crippen molar-refractivity contribution in [3.05, 3.63) is 35.9 Å². The predicted molar refractivity (Wildman–Crippen MR) is 66.5 cm³/mol. The lowest BCUT2D eigenvalue weighted by Gasteiger charge is -2.31. The monoisotopic (exact) mass is 233 g/mol. The molecule has 17 heavy (non-hydrogen) atoms. The van der Waals surface area contributed by atoms with Gasteiger partial charge in [0.15, 0.2) is 0 Å². The Morgan fingerprint density at radius 2 is 2.18 bits per heavy atom. The average Bonchev–Trinajstić information content (AvgIpc) is 2.39. The molecule has 3 nitrogen and oxygen atoms in total. The van der Waals surface area contributed by atoms with E-state index in [1.165, 1.54) is 12.7 Å². The summed E-state index contributed by atoms with van der Waals surface area (Å²) in [4.78, 5) is 13.8. The van der Waals surface area contributed by atoms with Gasteiger partial charge < -0.3 is 4.74 Å². The van der Waals surface area contributed by atoms with E-state index in [9.17, 15) is 4.79 Å². The van der Waals surface area contributed by atoms with Gasteiger partial charge in [-0.25, -0.2) is 0 Å². The molecule has 1 fully saturated rings. The number of nitrogens with zero attached hydrogens (tertiary/aromatic N) is 1. The van der Waals surface area contributed by atoms with Gasteiger partial charge in [0.25, 0.3) is 0 Å². The van der Waals surface area contributed by atoms with E-state index < -0.39 is 0 Å². The number of esters is 1. The molecule has 0 aliphatic carbocycles. The minimum atomic E-state index is -0.0669. The highest BCUT2D eigenvalue weighted by Crippen LogP contribution is 2.19. The number of hydrogen-bond acceptors (Lipinski definition) is 3. The minimum Gasteiger partial charge on any atom is -0.469 e. The van der Waals surface area contributed by atoms with E-state index >= 15 is 0 Å². The summed E-state index contributed by atoms with van der Waals surface area (Å²) < 4.78 is 4.82. The third kappa shape index (κ3) is 3.30. The van der Waals surface area contributed by atoms with Gasteiger partial charge in [0.05, 0.1) is 13.0 Å². The molecule has 3 heteroatoms. The van der Waals surface area contributed by atoms with Crippen molar-refractivity contribution in [1.29, 1.82) is 0 Å². The van der Waals surface area contributed by atoms with E-state index in [-0.39, 0.29) is 11.9 Å². The molecule has 0 unspecified atom stereocenters. The molecule has 0 bridgehead atoms. The normalized spacial score (nSPS) is 21.1. The van der Waals surface area contributed by atoms with Crippen LogP contribution in [0.15, 0.2) is 30.3 Å². The van der Waals surface area contributed by atoms with Crippen molar-refractivity contribution >= 4 is 5.97 Å². The van der Waals surface area contributed by atoms with Crippen LogP contribution in [-0.2, 0) is 16.1 Å². The van der Waals surface area contributed by atoms with Crippen molar-refractivity contribution in [3.8, 4) is 0 Å². The third-order valence-electron chi connectivity index (χ3n) is 3.29. The van der Waals surface area contributed by atoms with Crippen molar-refractivity contribution in [2.24, 2.45) is 5.92 Å². The second kappa shape index (κ2) is 5.82. The predicted octanol–water partition coefficient (Wildman–Crippen LogP) is 2.07. The van der Waals surface area contributed by atoms with Crippen molar-refractivity contribution in [1.82, 2.24) is 4.90 Å². The van der Waals surface area contributed by atoms with Gasteiger partial charge in [-0.2, -0.15) is 0 Å². The van der Waals surface area contributed by atoms with Gasteiger partial charge in [0, 0.05) is 13.1 Å². The Morgan fingerprint density at radius 1 is 1.41 bits per heavy atom. The maximum absolute atomic E-state index is 11.5. The first-order chi connectivity index (χ1) is 8.29. The number of likely N-dealkylation sites (tertiary alicyclic amines) is 1. The second-order valence-electron chi connectivity index (χ2n) is 4.58. The first-order valence-electron chi connectivity index (χ1n) is 6.13. The highest BCUT2D eigenvalue weighted by atomic mass is 16.5. The summed E-state index contributed by atoms with van der Waals surface area (Å²) in [5.41, 5.74) is 1.30. The number of carbonyl (C=O) groups excluding carboxylic acids is 1. The summed E-state index contributed by atoms with van der Waals surface area (Å²) in [7, 11) is 1.47. The number of hydrogen-bond donors (Lipinski definition) is 0. The van der Waals surface area contributed by atoms with E-state index in [0.717, 1.165) is 32.5 Å². The Labute approximate surface area is 102 Å². The Hall–Kier alpha value is -1.35. The van der Waals surface area contributed by atoms with Gasteiger partial charge in [-0.05, 0) is 24.9 Å². The van der Waals surface area contributed by atoms with Crippen LogP contribution in [0.4, 0.5) is 0 Å². The molecule has 1 aromatic rings. The first-order valence-corrected chi connectivity index (χ1v) is 6.13. The summed E-state index contributed by atoms with van der Waals surface area (Å²) in [6.45, 7) is 2.82. The minimum absolute atomic E-state index is 0.0532. The van der Waals surface area contributed by atoms with Crippen LogP contribution in [0.3, 0.4) is 0 Å². The van der Waals surface area contributed by atoms with E-state index in [1.54, 1.807) is 0 Å². The quantitative estimate of drug-likeness (QED) is 0.749. The number of benzene rings is 1. The fraction of sp³-hybridized carbons (Fsp3) is 0.500. The molecule has 0 N–H and O–H groups in total. The summed E-state index contributed by atoms with van der Waals surface area (Å²) in [5, 5.41) is 0. The second-order valence-corrected chi connectivity index (χ2v) is 4.58. The van der Waals surface area contributed by atoms with Crippen LogP contribution in [0.1, 0.15) is 18.4 Å². The van der Waals surface area contributed by atoms with Crippen LogP contribution in [0.2, 0.25) is 0 Å². The van der Waals surface area contributed by atoms with Crippen LogP contribution in [0.25, 0.3) is 0 Å². The van der Waals surface area contributed by atoms with Gasteiger partial charge in [0.1, 0.15) is 0 Å². The molecule has 0 aromatic heterocycles. The fourth-order valence-electron chi connectivity index (χ4n) is 2.40. The Kier molecular flexibility index (Phi) is 4.15. The van der Waals surface area contributed by atoms with Gasteiger partial charge in [0.2, 0.25) is 0 Å². The Bertz CT molecular complexity index is 364. The summed E-state index contributed by atoms with van der Waals surface area (Å²) >= 11 is 0. The zero-order valence-corrected chi connectivity index (χ0v) is 10.3. The van der Waals surface area contributed by atoms with Crippen molar-refractivity contribution in [2.45, 2.75) is 19.4 Å². The molecule has 92 valence electrons. The molecule has 0 radical (unpaired) electrons. The van der Waals surface area contributed by atoms with Crippen molar-refractivity contribution < 1.29 is 9.53 Å². The molecule has 1 saturated heterocycles. The summed E-state index contributed by atoms with van der Waals surface area (Å²) in [6.07, 6.45) is 2.03. The standard InChI is InChI=1S/C14H19NO2/c1-17-14(16)13-8-5-9-15(11-13)10-12-6-3-2-4-7-12/h2-4,6-7,13H,5,8-11H2,1H3/t13-/m0/s1. The SMILES string of the molecule is COC(=O)[C@H]1CCCN(Cc2ccccc2)C1. The van der Waals surface area contributed by atoms with E-state index in [0.29, 0.717) is 0 Å². The Balaban J connectivity index is 1.92. The number of carbonyl (C=O) groups is 1. The molecular formula is C14H19NO2. The smallest absolute Gasteiger partial charge is 0.309 e. The van der Waals surface area contributed by atoms with Gasteiger partial charge in [-0.15, -0.1) is 0 Å². The van der Waals surface area contributed by atoms with Crippen LogP contribution < -0.4 is 0 Å². The average molecular weight is 233 g/mol. The maximum Gasteiger partial charge on any atom is 0.309 e. The van der Waals surface area contributed by atoms with E-state index in [4.69, 9.17) is 4.74 Å². The molecule has 1 aliphatic rings. The maximum atomic E-state index is 11.5. The van der Waals surface area contributed by atoms with E-state index in [1.807, 2.05) is 6.07 Å². The molecule has 0 amide bonds. The molecule has 1 atom stereocenters. The molecule has 0 saturated carbocycles. The lowest BCUT2D eigenvalue weighted by molar-refractivity contribution is -0.147. The fourth-order valence-corrected chi connectivity index (χ4v) is 2.40. The Morgan fingerprint density at radius 3 is 2.88 bits per heavy atom. The van der Waals surface area contributed by atoms with E-state index in [2.05, 4.69) is 29.2 Å². The lowest BCUT2D eigenvalue weighted by atomic mass is 9.98. The molecular weight excluding hydrogens is 214 g/mol. The van der Waals surface area contributed by atoms with Crippen LogP contribution in [0, 0.1) is 5.92 Å². The van der Waals surface area contributed by atoms with Crippen molar-refractivity contribution in [2.75, 3.05) is 20.2 Å². The third-order valence-corrected chi connectivity index (χ3v) is 3.29. The molecule has 1 aliphatic heterocycles. The first kappa shape index (κ1) is 12.1. The number of ether oxygens (including phenoxy) is 1. The van der Waals surface area contributed by atoms with Crippen LogP contribution in [0.5, 0.6) is 0 Å². The summed E-state index contributed by atoms with van der Waals surface area (Å²) in [6, 6.07) is 10.4. The van der Waals surface area contributed by atoms with Crippen molar-refractivity contribution in [3.63, 3.8) is 0 Å². The molecule has 1 aromatic carbocycles.